The average molecular weight is 331 g/mol. The number of nitrogens with zero attached hydrogens (tertiary/aromatic N) is 1. The predicted octanol–water partition coefficient (Wildman–Crippen LogP) is 3.22. The molecule has 0 aromatic carbocycles. The van der Waals surface area contributed by atoms with E-state index in [1.807, 2.05) is 6.07 Å². The Morgan fingerprint density at radius 2 is 2.10 bits per heavy atom. The third kappa shape index (κ3) is 1.93. The number of hydrogen-bond acceptors (Lipinski definition) is 1. The number of halogens is 3. The van der Waals surface area contributed by atoms with Gasteiger partial charge >= 0.3 is 0 Å². The third-order valence-electron chi connectivity index (χ3n) is 0.903. The van der Waals surface area contributed by atoms with Crippen LogP contribution >= 0.6 is 47.8 Å². The van der Waals surface area contributed by atoms with Gasteiger partial charge in [0.1, 0.15) is 0 Å². The molecule has 0 spiro atoms. The van der Waals surface area contributed by atoms with Gasteiger partial charge in [0, 0.05) is 6.20 Å². The van der Waals surface area contributed by atoms with Crippen molar-refractivity contribution in [3.05, 3.63) is 21.3 Å². The van der Waals surface area contributed by atoms with E-state index in [9.17, 15) is 0 Å². The second kappa shape index (κ2) is 3.69. The Balaban J connectivity index is 2.99. The molecule has 1 aromatic heterocycles. The largest absolute Gasteiger partial charge is 0.277 e. The van der Waals surface area contributed by atoms with E-state index in [0.29, 0.717) is 0 Å². The van der Waals surface area contributed by atoms with Crippen molar-refractivity contribution in [1.82, 2.24) is 10.2 Å². The van der Waals surface area contributed by atoms with Gasteiger partial charge in [-0.1, -0.05) is 0 Å². The molecule has 0 fully saturated rings. The summed E-state index contributed by atoms with van der Waals surface area (Å²) in [6.07, 6.45) is 1.69. The van der Waals surface area contributed by atoms with Gasteiger partial charge < -0.3 is 0 Å². The zero-order valence-electron chi connectivity index (χ0n) is 4.74. The molecule has 0 saturated carbocycles. The smallest absolute Gasteiger partial charge is 0.0767 e. The second-order valence-electron chi connectivity index (χ2n) is 1.54. The van der Waals surface area contributed by atoms with Crippen LogP contribution in [0.5, 0.6) is 0 Å². The molecule has 0 bridgehead atoms. The fourth-order valence-electron chi connectivity index (χ4n) is 0.480. The summed E-state index contributed by atoms with van der Waals surface area (Å²) in [4.78, 5) is 0. The zero-order valence-corrected chi connectivity index (χ0v) is 9.49. The van der Waals surface area contributed by atoms with Crippen LogP contribution in [-0.2, 0) is 0 Å². The summed E-state index contributed by atoms with van der Waals surface area (Å²) in [5, 5.41) is 6.60. The molecule has 0 aliphatic rings. The summed E-state index contributed by atoms with van der Waals surface area (Å²) in [7, 11) is 0. The third-order valence-corrected chi connectivity index (χ3v) is 3.58. The van der Waals surface area contributed by atoms with Crippen LogP contribution in [0.25, 0.3) is 4.48 Å². The molecule has 1 rings (SSSR count). The van der Waals surface area contributed by atoms with Crippen LogP contribution in [-0.4, -0.2) is 10.2 Å². The molecule has 1 heterocycles. The molecular weight excluding hydrogens is 328 g/mol. The topological polar surface area (TPSA) is 28.7 Å². The molecule has 5 heteroatoms. The lowest BCUT2D eigenvalue weighted by Gasteiger charge is -1.92. The maximum Gasteiger partial charge on any atom is 0.0767 e. The highest BCUT2D eigenvalue weighted by Gasteiger charge is 2.00. The summed E-state index contributed by atoms with van der Waals surface area (Å²) in [5.74, 6) is 0. The summed E-state index contributed by atoms with van der Waals surface area (Å²) >= 11 is 9.87. The SMILES string of the molecule is BrC(Br)=C(Br)c1ccn[nH]1. The lowest BCUT2D eigenvalue weighted by Crippen LogP contribution is -1.75. The first-order chi connectivity index (χ1) is 4.72. The van der Waals surface area contributed by atoms with Crippen LogP contribution < -0.4 is 0 Å². The Hall–Kier alpha value is 0.390. The van der Waals surface area contributed by atoms with Gasteiger partial charge in [0.15, 0.2) is 0 Å². The first kappa shape index (κ1) is 8.49. The van der Waals surface area contributed by atoms with E-state index in [4.69, 9.17) is 0 Å². The fraction of sp³-hybridized carbons (Fsp3) is 0. The predicted molar refractivity (Wildman–Crippen MR) is 52.3 cm³/mol. The van der Waals surface area contributed by atoms with E-state index in [1.165, 1.54) is 0 Å². The minimum absolute atomic E-state index is 0.865. The highest BCUT2D eigenvalue weighted by molar-refractivity contribution is 9.29. The molecule has 0 atom stereocenters. The van der Waals surface area contributed by atoms with E-state index in [2.05, 4.69) is 58.0 Å². The number of aromatic nitrogens is 2. The van der Waals surface area contributed by atoms with Crippen molar-refractivity contribution in [3.63, 3.8) is 0 Å². The van der Waals surface area contributed by atoms with E-state index in [0.717, 1.165) is 13.6 Å². The molecule has 2 nitrogen and oxygen atoms in total. The summed E-state index contributed by atoms with van der Waals surface area (Å²) < 4.78 is 1.79. The Morgan fingerprint density at radius 3 is 2.50 bits per heavy atom. The molecule has 1 aromatic rings. The maximum atomic E-state index is 3.79. The number of H-pyrrole nitrogens is 1. The lowest BCUT2D eigenvalue weighted by molar-refractivity contribution is 1.08. The van der Waals surface area contributed by atoms with Gasteiger partial charge in [0.25, 0.3) is 0 Å². The normalized spacial score (nSPS) is 9.50. The first-order valence-electron chi connectivity index (χ1n) is 2.42. The van der Waals surface area contributed by atoms with Crippen molar-refractivity contribution in [3.8, 4) is 0 Å². The highest BCUT2D eigenvalue weighted by atomic mass is 79.9. The molecule has 0 amide bonds. The highest BCUT2D eigenvalue weighted by Crippen LogP contribution is 2.30. The average Bonchev–Trinajstić information content (AvgIpc) is 2.36. The van der Waals surface area contributed by atoms with Crippen molar-refractivity contribution in [2.24, 2.45) is 0 Å². The maximum absolute atomic E-state index is 3.79. The molecule has 0 aliphatic carbocycles. The second-order valence-corrected chi connectivity index (χ2v) is 4.99. The Labute approximate surface area is 83.5 Å². The summed E-state index contributed by atoms with van der Waals surface area (Å²) in [6, 6.07) is 1.87. The van der Waals surface area contributed by atoms with Crippen molar-refractivity contribution in [2.75, 3.05) is 0 Å². The Bertz CT molecular complexity index is 235. The van der Waals surface area contributed by atoms with Crippen LogP contribution in [0.4, 0.5) is 0 Å². The van der Waals surface area contributed by atoms with E-state index in [1.54, 1.807) is 6.20 Å². The van der Waals surface area contributed by atoms with Crippen LogP contribution in [0, 0.1) is 0 Å². The van der Waals surface area contributed by atoms with Crippen LogP contribution in [0.15, 0.2) is 15.7 Å². The van der Waals surface area contributed by atoms with Crippen LogP contribution in [0.3, 0.4) is 0 Å². The minimum Gasteiger partial charge on any atom is -0.277 e. The zero-order chi connectivity index (χ0) is 7.56. The van der Waals surface area contributed by atoms with Crippen molar-refractivity contribution >= 4 is 52.3 Å². The first-order valence-corrected chi connectivity index (χ1v) is 4.80. The van der Waals surface area contributed by atoms with E-state index in [-0.39, 0.29) is 0 Å². The molecule has 0 aliphatic heterocycles. The van der Waals surface area contributed by atoms with Gasteiger partial charge in [-0.15, -0.1) is 0 Å². The standard InChI is InChI=1S/C5H3Br3N2/c6-4(5(7)8)3-1-2-9-10-3/h1-2H,(H,9,10). The Kier molecular flexibility index (Phi) is 3.13. The number of rotatable bonds is 1. The monoisotopic (exact) mass is 328 g/mol. The summed E-state index contributed by atoms with van der Waals surface area (Å²) in [5.41, 5.74) is 0.934. The lowest BCUT2D eigenvalue weighted by atomic mass is 10.4. The molecule has 0 unspecified atom stereocenters. The van der Waals surface area contributed by atoms with E-state index < -0.39 is 0 Å². The van der Waals surface area contributed by atoms with Crippen molar-refractivity contribution in [2.45, 2.75) is 0 Å². The fourth-order valence-corrected chi connectivity index (χ4v) is 1.13. The molecule has 0 saturated heterocycles. The molecule has 54 valence electrons. The Morgan fingerprint density at radius 1 is 1.40 bits per heavy atom. The summed E-state index contributed by atoms with van der Waals surface area (Å²) in [6.45, 7) is 0. The van der Waals surface area contributed by atoms with Crippen LogP contribution in [0.2, 0.25) is 0 Å². The molecule has 1 N–H and O–H groups in total. The van der Waals surface area contributed by atoms with Crippen molar-refractivity contribution < 1.29 is 0 Å². The molecular formula is C5H3Br3N2. The van der Waals surface area contributed by atoms with Gasteiger partial charge in [-0.05, 0) is 53.9 Å². The number of nitrogens with one attached hydrogen (secondary N) is 1. The van der Waals surface area contributed by atoms with Gasteiger partial charge in [-0.2, -0.15) is 5.10 Å². The quantitative estimate of drug-likeness (QED) is 0.841. The van der Waals surface area contributed by atoms with Crippen LogP contribution in [0.1, 0.15) is 5.69 Å². The van der Waals surface area contributed by atoms with Crippen molar-refractivity contribution in [1.29, 1.82) is 0 Å². The number of aromatic amines is 1. The van der Waals surface area contributed by atoms with Gasteiger partial charge in [0.05, 0.1) is 13.6 Å². The van der Waals surface area contributed by atoms with E-state index >= 15 is 0 Å². The molecule has 0 radical (unpaired) electrons. The minimum atomic E-state index is 0.865. The van der Waals surface area contributed by atoms with Gasteiger partial charge in [-0.25, -0.2) is 0 Å². The molecule has 10 heavy (non-hydrogen) atoms. The van der Waals surface area contributed by atoms with Gasteiger partial charge in [0.2, 0.25) is 0 Å². The van der Waals surface area contributed by atoms with Gasteiger partial charge in [-0.3, -0.25) is 5.10 Å². The number of hydrogen-bond donors (Lipinski definition) is 1.